The van der Waals surface area contributed by atoms with Crippen LogP contribution in [0, 0.1) is 0 Å². The number of nitrogens with zero attached hydrogens (tertiary/aromatic N) is 2. The number of benzene rings is 3. The van der Waals surface area contributed by atoms with Gasteiger partial charge in [0, 0.05) is 33.5 Å². The van der Waals surface area contributed by atoms with Crippen LogP contribution in [0.3, 0.4) is 0 Å². The van der Waals surface area contributed by atoms with E-state index in [1.807, 2.05) is 68.4 Å². The van der Waals surface area contributed by atoms with Crippen molar-refractivity contribution < 1.29 is 18.0 Å². The van der Waals surface area contributed by atoms with Gasteiger partial charge in [0.2, 0.25) is 21.8 Å². The van der Waals surface area contributed by atoms with Crippen molar-refractivity contribution in [2.45, 2.75) is 45.3 Å². The van der Waals surface area contributed by atoms with Gasteiger partial charge < -0.3 is 10.2 Å². The van der Waals surface area contributed by atoms with E-state index >= 15 is 0 Å². The van der Waals surface area contributed by atoms with Crippen LogP contribution in [0.4, 0.5) is 5.69 Å². The summed E-state index contributed by atoms with van der Waals surface area (Å²) in [7, 11) is -3.93. The molecule has 1 N–H and O–H groups in total. The number of hydrogen-bond donors (Lipinski definition) is 1. The Labute approximate surface area is 254 Å². The van der Waals surface area contributed by atoms with Crippen LogP contribution >= 0.6 is 39.1 Å². The highest BCUT2D eigenvalue weighted by atomic mass is 79.9. The van der Waals surface area contributed by atoms with Crippen LogP contribution in [0.5, 0.6) is 0 Å². The van der Waals surface area contributed by atoms with Gasteiger partial charge >= 0.3 is 0 Å². The smallest absolute Gasteiger partial charge is 0.244 e. The number of carbonyl (C=O) groups is 2. The summed E-state index contributed by atoms with van der Waals surface area (Å²) in [6, 6.07) is 20.1. The third-order valence-corrected chi connectivity index (χ3v) is 8.40. The molecule has 0 spiro atoms. The number of halogens is 3. The van der Waals surface area contributed by atoms with Crippen molar-refractivity contribution in [1.82, 2.24) is 10.2 Å². The zero-order valence-electron chi connectivity index (χ0n) is 22.5. The molecule has 2 atom stereocenters. The minimum atomic E-state index is -3.93. The summed E-state index contributed by atoms with van der Waals surface area (Å²) in [5.74, 6) is -0.875. The Bertz CT molecular complexity index is 1420. The van der Waals surface area contributed by atoms with Crippen LogP contribution in [-0.4, -0.2) is 50.0 Å². The van der Waals surface area contributed by atoms with E-state index in [0.717, 1.165) is 26.2 Å². The summed E-state index contributed by atoms with van der Waals surface area (Å²) >= 11 is 15.8. The molecule has 0 saturated carbocycles. The fourth-order valence-electron chi connectivity index (χ4n) is 4.12. The van der Waals surface area contributed by atoms with E-state index < -0.39 is 28.5 Å². The van der Waals surface area contributed by atoms with E-state index in [1.165, 1.54) is 23.1 Å². The monoisotopic (exact) mass is 667 g/mol. The van der Waals surface area contributed by atoms with Crippen LogP contribution in [0.2, 0.25) is 10.0 Å². The molecule has 0 aliphatic carbocycles. The van der Waals surface area contributed by atoms with Crippen molar-refractivity contribution in [1.29, 1.82) is 0 Å². The number of rotatable bonds is 12. The number of sulfonamides is 1. The number of anilines is 1. The van der Waals surface area contributed by atoms with Crippen molar-refractivity contribution in [3.8, 4) is 0 Å². The third-order valence-electron chi connectivity index (χ3n) is 6.33. The van der Waals surface area contributed by atoms with Gasteiger partial charge in [-0.25, -0.2) is 8.42 Å². The van der Waals surface area contributed by atoms with Gasteiger partial charge in [0.15, 0.2) is 0 Å². The van der Waals surface area contributed by atoms with Gasteiger partial charge in [0.25, 0.3) is 0 Å². The van der Waals surface area contributed by atoms with Crippen molar-refractivity contribution in [2.75, 3.05) is 17.1 Å². The molecular formula is C29H32BrCl2N3O4S. The molecular weight excluding hydrogens is 637 g/mol. The van der Waals surface area contributed by atoms with E-state index in [1.54, 1.807) is 0 Å². The second kappa shape index (κ2) is 14.3. The SMILES string of the molecule is CC[C@@H](C)NC(=O)[C@@H](Cc1ccccc1)N(Cc1cccc(Br)c1)C(=O)CN(c1cc(Cl)cc(Cl)c1)S(C)(=O)=O. The fourth-order valence-corrected chi connectivity index (χ4v) is 5.92. The van der Waals surface area contributed by atoms with E-state index in [0.29, 0.717) is 6.42 Å². The molecule has 0 heterocycles. The lowest BCUT2D eigenvalue weighted by atomic mass is 10.0. The lowest BCUT2D eigenvalue weighted by Crippen LogP contribution is -2.54. The number of nitrogens with one attached hydrogen (secondary N) is 1. The maximum Gasteiger partial charge on any atom is 0.244 e. The average molecular weight is 669 g/mol. The Morgan fingerprint density at radius 1 is 0.950 bits per heavy atom. The van der Waals surface area contributed by atoms with Gasteiger partial charge in [-0.15, -0.1) is 0 Å². The largest absolute Gasteiger partial charge is 0.352 e. The first-order chi connectivity index (χ1) is 18.9. The highest BCUT2D eigenvalue weighted by Crippen LogP contribution is 2.28. The third kappa shape index (κ3) is 9.23. The normalized spacial score (nSPS) is 12.8. The standard InChI is InChI=1S/C29H32BrCl2N3O4S/c1-4-20(2)33-29(37)27(14-21-9-6-5-7-10-21)34(18-22-11-8-12-23(30)13-22)28(36)19-35(40(3,38)39)26-16-24(31)15-25(32)17-26/h5-13,15-17,20,27H,4,14,18-19H2,1-3H3,(H,33,37)/t20-,27-/m1/s1. The van der Waals surface area contributed by atoms with Gasteiger partial charge in [-0.1, -0.05) is 88.5 Å². The van der Waals surface area contributed by atoms with Crippen LogP contribution in [0.15, 0.2) is 77.3 Å². The molecule has 3 rings (SSSR count). The Morgan fingerprint density at radius 3 is 2.15 bits per heavy atom. The molecule has 7 nitrogen and oxygen atoms in total. The van der Waals surface area contributed by atoms with Crippen molar-refractivity contribution >= 4 is 66.7 Å². The fraction of sp³-hybridized carbons (Fsp3) is 0.310. The minimum absolute atomic E-state index is 0.0810. The van der Waals surface area contributed by atoms with Gasteiger partial charge in [0.1, 0.15) is 12.6 Å². The van der Waals surface area contributed by atoms with Gasteiger partial charge in [0.05, 0.1) is 11.9 Å². The molecule has 11 heteroatoms. The topological polar surface area (TPSA) is 86.8 Å². The van der Waals surface area contributed by atoms with Crippen LogP contribution < -0.4 is 9.62 Å². The molecule has 40 heavy (non-hydrogen) atoms. The van der Waals surface area contributed by atoms with E-state index in [-0.39, 0.29) is 40.6 Å². The lowest BCUT2D eigenvalue weighted by Gasteiger charge is -2.34. The molecule has 0 fully saturated rings. The second-order valence-electron chi connectivity index (χ2n) is 9.57. The first-order valence-corrected chi connectivity index (χ1v) is 16.1. The lowest BCUT2D eigenvalue weighted by molar-refractivity contribution is -0.140. The molecule has 0 radical (unpaired) electrons. The predicted molar refractivity (Wildman–Crippen MR) is 165 cm³/mol. The van der Waals surface area contributed by atoms with E-state index in [9.17, 15) is 18.0 Å². The molecule has 0 aliphatic heterocycles. The predicted octanol–water partition coefficient (Wildman–Crippen LogP) is 6.08. The quantitative estimate of drug-likeness (QED) is 0.254. The maximum atomic E-state index is 14.1. The molecule has 3 aromatic rings. The Morgan fingerprint density at radius 2 is 1.57 bits per heavy atom. The molecule has 3 aromatic carbocycles. The summed E-state index contributed by atoms with van der Waals surface area (Å²) in [6.07, 6.45) is 1.95. The van der Waals surface area contributed by atoms with Gasteiger partial charge in [-0.3, -0.25) is 13.9 Å². The summed E-state index contributed by atoms with van der Waals surface area (Å²) in [5.41, 5.74) is 1.79. The Hall–Kier alpha value is -2.59. The van der Waals surface area contributed by atoms with Crippen molar-refractivity contribution in [3.63, 3.8) is 0 Å². The molecule has 214 valence electrons. The maximum absolute atomic E-state index is 14.1. The number of amides is 2. The minimum Gasteiger partial charge on any atom is -0.352 e. The second-order valence-corrected chi connectivity index (χ2v) is 13.3. The van der Waals surface area contributed by atoms with E-state index in [4.69, 9.17) is 23.2 Å². The molecule has 0 saturated heterocycles. The summed E-state index contributed by atoms with van der Waals surface area (Å²) < 4.78 is 27.5. The van der Waals surface area contributed by atoms with Gasteiger partial charge in [-0.05, 0) is 54.8 Å². The summed E-state index contributed by atoms with van der Waals surface area (Å²) in [4.78, 5) is 29.2. The van der Waals surface area contributed by atoms with Crippen LogP contribution in [-0.2, 0) is 32.6 Å². The Kier molecular flexibility index (Phi) is 11.5. The van der Waals surface area contributed by atoms with Gasteiger partial charge in [-0.2, -0.15) is 0 Å². The first kappa shape index (κ1) is 31.9. The highest BCUT2D eigenvalue weighted by Gasteiger charge is 2.33. The first-order valence-electron chi connectivity index (χ1n) is 12.7. The highest BCUT2D eigenvalue weighted by molar-refractivity contribution is 9.10. The average Bonchev–Trinajstić information content (AvgIpc) is 2.88. The summed E-state index contributed by atoms with van der Waals surface area (Å²) in [5, 5.41) is 3.46. The molecule has 0 bridgehead atoms. The van der Waals surface area contributed by atoms with Crippen LogP contribution in [0.1, 0.15) is 31.4 Å². The number of hydrogen-bond acceptors (Lipinski definition) is 4. The molecule has 0 aromatic heterocycles. The van der Waals surface area contributed by atoms with E-state index in [2.05, 4.69) is 21.2 Å². The molecule has 2 amide bonds. The molecule has 0 unspecified atom stereocenters. The zero-order chi connectivity index (χ0) is 29.4. The summed E-state index contributed by atoms with van der Waals surface area (Å²) in [6.45, 7) is 3.39. The van der Waals surface area contributed by atoms with Crippen LogP contribution in [0.25, 0.3) is 0 Å². The molecule has 0 aliphatic rings. The van der Waals surface area contributed by atoms with Crippen molar-refractivity contribution in [2.24, 2.45) is 0 Å². The Balaban J connectivity index is 2.08. The van der Waals surface area contributed by atoms with Crippen molar-refractivity contribution in [3.05, 3.63) is 98.4 Å². The number of carbonyl (C=O) groups excluding carboxylic acids is 2. The zero-order valence-corrected chi connectivity index (χ0v) is 26.4.